The highest BCUT2D eigenvalue weighted by molar-refractivity contribution is 5.95. The van der Waals surface area contributed by atoms with Crippen molar-refractivity contribution in [3.63, 3.8) is 0 Å². The molecule has 0 heterocycles. The van der Waals surface area contributed by atoms with Gasteiger partial charge in [-0.05, 0) is 18.2 Å². The summed E-state index contributed by atoms with van der Waals surface area (Å²) in [6.07, 6.45) is 0. The summed E-state index contributed by atoms with van der Waals surface area (Å²) in [6, 6.07) is 11.4. The van der Waals surface area contributed by atoms with Crippen molar-refractivity contribution in [2.45, 2.75) is 6.61 Å². The quantitative estimate of drug-likeness (QED) is 0.597. The van der Waals surface area contributed by atoms with Gasteiger partial charge >= 0.3 is 6.61 Å². The highest BCUT2D eigenvalue weighted by Gasteiger charge is 2.12. The lowest BCUT2D eigenvalue weighted by atomic mass is 10.2. The third-order valence-corrected chi connectivity index (χ3v) is 2.89. The first-order chi connectivity index (χ1) is 11.5. The van der Waals surface area contributed by atoms with Gasteiger partial charge in [0, 0.05) is 17.8 Å². The number of non-ortho nitro benzene ring substituents is 1. The Hall–Kier alpha value is -3.23. The van der Waals surface area contributed by atoms with Crippen LogP contribution < -0.4 is 15.4 Å². The van der Waals surface area contributed by atoms with E-state index in [1.165, 1.54) is 36.4 Å². The van der Waals surface area contributed by atoms with Crippen molar-refractivity contribution in [1.29, 1.82) is 0 Å². The lowest BCUT2D eigenvalue weighted by Gasteiger charge is -2.12. The monoisotopic (exact) mass is 337 g/mol. The van der Waals surface area contributed by atoms with Crippen LogP contribution in [-0.4, -0.2) is 24.0 Å². The fourth-order valence-corrected chi connectivity index (χ4v) is 1.87. The SMILES string of the molecule is O=C(CNc1cccc([N+](=O)[O-])c1)Nc1ccccc1OC(F)F. The summed E-state index contributed by atoms with van der Waals surface area (Å²) in [5, 5.41) is 15.8. The predicted molar refractivity (Wildman–Crippen MR) is 83.3 cm³/mol. The molecule has 0 atom stereocenters. The van der Waals surface area contributed by atoms with Crippen molar-refractivity contribution in [3.05, 3.63) is 58.6 Å². The summed E-state index contributed by atoms with van der Waals surface area (Å²) < 4.78 is 28.9. The van der Waals surface area contributed by atoms with Crippen LogP contribution in [0.25, 0.3) is 0 Å². The van der Waals surface area contributed by atoms with Crippen molar-refractivity contribution in [2.75, 3.05) is 17.2 Å². The first kappa shape index (κ1) is 17.1. The summed E-state index contributed by atoms with van der Waals surface area (Å²) in [6.45, 7) is -3.21. The Labute approximate surface area is 135 Å². The van der Waals surface area contributed by atoms with Crippen LogP contribution >= 0.6 is 0 Å². The fourth-order valence-electron chi connectivity index (χ4n) is 1.87. The van der Waals surface area contributed by atoms with Crippen LogP contribution in [0.4, 0.5) is 25.8 Å². The molecule has 0 bridgehead atoms. The molecule has 2 aromatic carbocycles. The molecule has 0 radical (unpaired) electrons. The van der Waals surface area contributed by atoms with Gasteiger partial charge in [0.2, 0.25) is 5.91 Å². The third-order valence-electron chi connectivity index (χ3n) is 2.89. The number of ether oxygens (including phenoxy) is 1. The van der Waals surface area contributed by atoms with Gasteiger partial charge in [0.1, 0.15) is 5.75 Å². The van der Waals surface area contributed by atoms with Gasteiger partial charge in [-0.15, -0.1) is 0 Å². The number of anilines is 2. The van der Waals surface area contributed by atoms with Crippen molar-refractivity contribution in [3.8, 4) is 5.75 Å². The number of alkyl halides is 2. The van der Waals surface area contributed by atoms with Gasteiger partial charge in [-0.25, -0.2) is 0 Å². The van der Waals surface area contributed by atoms with E-state index in [1.807, 2.05) is 0 Å². The Morgan fingerprint density at radius 3 is 2.67 bits per heavy atom. The Bertz CT molecular complexity index is 740. The van der Waals surface area contributed by atoms with Gasteiger partial charge < -0.3 is 15.4 Å². The number of hydrogen-bond donors (Lipinski definition) is 2. The summed E-state index contributed by atoms with van der Waals surface area (Å²) in [5.74, 6) is -0.678. The number of nitrogens with zero attached hydrogens (tertiary/aromatic N) is 1. The van der Waals surface area contributed by atoms with Crippen molar-refractivity contribution in [2.24, 2.45) is 0 Å². The lowest BCUT2D eigenvalue weighted by Crippen LogP contribution is -2.22. The van der Waals surface area contributed by atoms with E-state index in [1.54, 1.807) is 12.1 Å². The van der Waals surface area contributed by atoms with E-state index in [0.29, 0.717) is 5.69 Å². The number of carbonyl (C=O) groups is 1. The molecule has 0 aliphatic rings. The van der Waals surface area contributed by atoms with Crippen LogP contribution in [-0.2, 0) is 4.79 Å². The number of halogens is 2. The average Bonchev–Trinajstić information content (AvgIpc) is 2.54. The van der Waals surface area contributed by atoms with E-state index < -0.39 is 17.4 Å². The Balaban J connectivity index is 1.97. The number of nitro benzene ring substituents is 1. The minimum Gasteiger partial charge on any atom is -0.433 e. The van der Waals surface area contributed by atoms with Gasteiger partial charge in [-0.2, -0.15) is 8.78 Å². The molecule has 24 heavy (non-hydrogen) atoms. The molecule has 7 nitrogen and oxygen atoms in total. The average molecular weight is 337 g/mol. The van der Waals surface area contributed by atoms with Crippen LogP contribution in [0.3, 0.4) is 0 Å². The molecule has 126 valence electrons. The zero-order chi connectivity index (χ0) is 17.5. The number of para-hydroxylation sites is 2. The van der Waals surface area contributed by atoms with Gasteiger partial charge in [0.05, 0.1) is 17.2 Å². The molecule has 0 fully saturated rings. The molecular weight excluding hydrogens is 324 g/mol. The number of rotatable bonds is 7. The highest BCUT2D eigenvalue weighted by Crippen LogP contribution is 2.25. The van der Waals surface area contributed by atoms with Crippen LogP contribution in [0, 0.1) is 10.1 Å². The number of amides is 1. The summed E-state index contributed by atoms with van der Waals surface area (Å²) in [7, 11) is 0. The number of nitrogens with one attached hydrogen (secondary N) is 2. The molecule has 0 saturated heterocycles. The number of hydrogen-bond acceptors (Lipinski definition) is 5. The van der Waals surface area contributed by atoms with Crippen LogP contribution in [0.15, 0.2) is 48.5 Å². The van der Waals surface area contributed by atoms with Gasteiger partial charge in [0.15, 0.2) is 0 Å². The van der Waals surface area contributed by atoms with Crippen molar-refractivity contribution >= 4 is 23.0 Å². The molecular formula is C15H13F2N3O4. The van der Waals surface area contributed by atoms with E-state index >= 15 is 0 Å². The molecule has 2 aromatic rings. The normalized spacial score (nSPS) is 10.3. The maximum absolute atomic E-state index is 12.3. The van der Waals surface area contributed by atoms with E-state index in [0.717, 1.165) is 0 Å². The Morgan fingerprint density at radius 2 is 1.96 bits per heavy atom. The zero-order valence-electron chi connectivity index (χ0n) is 12.2. The molecule has 2 N–H and O–H groups in total. The van der Waals surface area contributed by atoms with E-state index in [-0.39, 0.29) is 23.7 Å². The molecule has 0 saturated carbocycles. The molecule has 9 heteroatoms. The van der Waals surface area contributed by atoms with Crippen molar-refractivity contribution < 1.29 is 23.2 Å². The van der Waals surface area contributed by atoms with E-state index in [9.17, 15) is 23.7 Å². The summed E-state index contributed by atoms with van der Waals surface area (Å²) >= 11 is 0. The number of benzene rings is 2. The molecule has 0 unspecified atom stereocenters. The van der Waals surface area contributed by atoms with E-state index in [4.69, 9.17) is 0 Å². The highest BCUT2D eigenvalue weighted by atomic mass is 19.3. The molecule has 0 aliphatic heterocycles. The Kier molecular flexibility index (Phi) is 5.61. The standard InChI is InChI=1S/C15H13F2N3O4/c16-15(17)24-13-7-2-1-6-12(13)19-14(21)9-18-10-4-3-5-11(8-10)20(22)23/h1-8,15,18H,9H2,(H,19,21). The molecule has 0 aromatic heterocycles. The van der Waals surface area contributed by atoms with Crippen molar-refractivity contribution in [1.82, 2.24) is 0 Å². The fraction of sp³-hybridized carbons (Fsp3) is 0.133. The maximum atomic E-state index is 12.3. The smallest absolute Gasteiger partial charge is 0.387 e. The van der Waals surface area contributed by atoms with E-state index in [2.05, 4.69) is 15.4 Å². The number of carbonyl (C=O) groups excluding carboxylic acids is 1. The van der Waals surface area contributed by atoms with Crippen LogP contribution in [0.2, 0.25) is 0 Å². The largest absolute Gasteiger partial charge is 0.433 e. The minimum atomic E-state index is -3.01. The molecule has 0 spiro atoms. The van der Waals surface area contributed by atoms with Gasteiger partial charge in [-0.1, -0.05) is 18.2 Å². The molecule has 0 aliphatic carbocycles. The molecule has 2 rings (SSSR count). The zero-order valence-corrected chi connectivity index (χ0v) is 12.2. The lowest BCUT2D eigenvalue weighted by molar-refractivity contribution is -0.384. The molecule has 1 amide bonds. The van der Waals surface area contributed by atoms with Gasteiger partial charge in [-0.3, -0.25) is 14.9 Å². The minimum absolute atomic E-state index is 0.101. The number of nitro groups is 1. The first-order valence-electron chi connectivity index (χ1n) is 6.77. The second kappa shape index (κ2) is 7.86. The summed E-state index contributed by atoms with van der Waals surface area (Å²) in [4.78, 5) is 22.0. The Morgan fingerprint density at radius 1 is 1.21 bits per heavy atom. The first-order valence-corrected chi connectivity index (χ1v) is 6.77. The second-order valence-electron chi connectivity index (χ2n) is 4.58. The van der Waals surface area contributed by atoms with Crippen LogP contribution in [0.5, 0.6) is 5.75 Å². The van der Waals surface area contributed by atoms with Gasteiger partial charge in [0.25, 0.3) is 5.69 Å². The second-order valence-corrected chi connectivity index (χ2v) is 4.58. The maximum Gasteiger partial charge on any atom is 0.387 e. The third kappa shape index (κ3) is 4.90. The summed E-state index contributed by atoms with van der Waals surface area (Å²) in [5.41, 5.74) is 0.371. The topological polar surface area (TPSA) is 93.5 Å². The van der Waals surface area contributed by atoms with Crippen LogP contribution in [0.1, 0.15) is 0 Å². The predicted octanol–water partition coefficient (Wildman–Crippen LogP) is 3.25.